The summed E-state index contributed by atoms with van der Waals surface area (Å²) in [5.41, 5.74) is -1.84. The molecular weight excluding hydrogens is 555 g/mol. The van der Waals surface area contributed by atoms with E-state index >= 15 is 4.39 Å². The first-order chi connectivity index (χ1) is 15.1. The molecule has 2 heterocycles. The van der Waals surface area contributed by atoms with Gasteiger partial charge in [-0.2, -0.15) is 3.97 Å². The van der Waals surface area contributed by atoms with E-state index in [1.54, 1.807) is 6.92 Å². The highest BCUT2D eigenvalue weighted by Crippen LogP contribution is 2.48. The van der Waals surface area contributed by atoms with E-state index in [-0.39, 0.29) is 28.6 Å². The Morgan fingerprint density at radius 1 is 1.31 bits per heavy atom. The fourth-order valence-electron chi connectivity index (χ4n) is 4.07. The van der Waals surface area contributed by atoms with E-state index in [0.29, 0.717) is 26.1 Å². The van der Waals surface area contributed by atoms with Crippen molar-refractivity contribution in [3.05, 3.63) is 68.3 Å². The number of hydrogen-bond donors (Lipinski definition) is 0. The van der Waals surface area contributed by atoms with Gasteiger partial charge in [-0.05, 0) is 73.0 Å². The lowest BCUT2D eigenvalue weighted by Crippen LogP contribution is -2.37. The summed E-state index contributed by atoms with van der Waals surface area (Å²) in [5.74, 6) is -1.79. The van der Waals surface area contributed by atoms with Crippen LogP contribution in [0.2, 0.25) is 0 Å². The van der Waals surface area contributed by atoms with E-state index in [9.17, 15) is 17.6 Å². The van der Waals surface area contributed by atoms with Crippen molar-refractivity contribution < 1.29 is 21.7 Å². The molecule has 11 heteroatoms. The van der Waals surface area contributed by atoms with Gasteiger partial charge >= 0.3 is 5.69 Å². The van der Waals surface area contributed by atoms with Crippen LogP contribution in [0.15, 0.2) is 46.2 Å². The maximum atomic E-state index is 15.6. The Bertz CT molecular complexity index is 1610. The van der Waals surface area contributed by atoms with Gasteiger partial charge in [0.05, 0.1) is 21.6 Å². The summed E-state index contributed by atoms with van der Waals surface area (Å²) in [5, 5.41) is 3.98. The monoisotopic (exact) mass is 571 g/mol. The average Bonchev–Trinajstić information content (AvgIpc) is 3.34. The van der Waals surface area contributed by atoms with Gasteiger partial charge in [0.15, 0.2) is 5.82 Å². The molecule has 1 aliphatic rings. The number of nitrogens with zero attached hydrogens (tertiary/aromatic N) is 3. The van der Waals surface area contributed by atoms with Crippen molar-refractivity contribution in [3.63, 3.8) is 0 Å². The number of benzene rings is 2. The summed E-state index contributed by atoms with van der Waals surface area (Å²) in [6.45, 7) is 5.20. The number of rotatable bonds is 5. The molecule has 7 nitrogen and oxygen atoms in total. The third kappa shape index (κ3) is 2.76. The van der Waals surface area contributed by atoms with Crippen LogP contribution in [0.1, 0.15) is 25.0 Å². The summed E-state index contributed by atoms with van der Waals surface area (Å²) >= 11 is 1.90. The van der Waals surface area contributed by atoms with Gasteiger partial charge in [0.2, 0.25) is 15.6 Å². The quantitative estimate of drug-likeness (QED) is 0.262. The summed E-state index contributed by atoms with van der Waals surface area (Å²) in [6.07, 6.45) is 2.31. The highest BCUT2D eigenvalue weighted by molar-refractivity contribution is 14.1. The molecule has 0 bridgehead atoms. The van der Waals surface area contributed by atoms with E-state index in [1.165, 1.54) is 30.3 Å². The first kappa shape index (κ1) is 21.3. The van der Waals surface area contributed by atoms with Gasteiger partial charge in [0.25, 0.3) is 0 Å². The third-order valence-corrected chi connectivity index (χ3v) is 9.08. The zero-order valence-corrected chi connectivity index (χ0v) is 19.7. The van der Waals surface area contributed by atoms with E-state index in [0.717, 1.165) is 4.57 Å². The molecule has 0 aliphatic heterocycles. The number of imidazole rings is 1. The lowest BCUT2D eigenvalue weighted by Gasteiger charge is -2.15. The topological polar surface area (TPSA) is 87.1 Å². The van der Waals surface area contributed by atoms with Gasteiger partial charge in [-0.1, -0.05) is 11.2 Å². The molecule has 32 heavy (non-hydrogen) atoms. The van der Waals surface area contributed by atoms with Gasteiger partial charge in [-0.15, -0.1) is 6.58 Å². The Balaban J connectivity index is 1.98. The lowest BCUT2D eigenvalue weighted by molar-refractivity contribution is 0.436. The summed E-state index contributed by atoms with van der Waals surface area (Å²) in [6, 6.07) is 5.37. The second-order valence-corrected chi connectivity index (χ2v) is 11.3. The number of halogens is 3. The number of hydrogen-bond acceptors (Lipinski definition) is 5. The molecule has 2 aromatic heterocycles. The fraction of sp³-hybridized carbons (Fsp3) is 0.238. The second kappa shape index (κ2) is 6.98. The van der Waals surface area contributed by atoms with Crippen molar-refractivity contribution in [2.45, 2.75) is 30.9 Å². The lowest BCUT2D eigenvalue weighted by atomic mass is 10.2. The maximum Gasteiger partial charge on any atom is 0.347 e. The first-order valence-electron chi connectivity index (χ1n) is 9.66. The predicted octanol–water partition coefficient (Wildman–Crippen LogP) is 4.41. The number of aryl methyl sites for hydroxylation is 1. The molecule has 0 saturated heterocycles. The van der Waals surface area contributed by atoms with Gasteiger partial charge < -0.3 is 4.52 Å². The molecular formula is C21H16F2IN3O4S. The molecule has 2 aromatic carbocycles. The van der Waals surface area contributed by atoms with Crippen LogP contribution in [-0.4, -0.2) is 26.9 Å². The van der Waals surface area contributed by atoms with Crippen LogP contribution < -0.4 is 5.69 Å². The zero-order valence-electron chi connectivity index (χ0n) is 16.7. The summed E-state index contributed by atoms with van der Waals surface area (Å²) < 4.78 is 63.6. The minimum Gasteiger partial charge on any atom is -0.353 e. The summed E-state index contributed by atoms with van der Waals surface area (Å²) in [4.78, 5) is 13.5. The van der Waals surface area contributed by atoms with E-state index < -0.39 is 37.6 Å². The normalized spacial score (nSPS) is 15.5. The molecule has 5 rings (SSSR count). The highest BCUT2D eigenvalue weighted by Gasteiger charge is 2.55. The molecule has 0 unspecified atom stereocenters. The van der Waals surface area contributed by atoms with Crippen molar-refractivity contribution >= 4 is 54.6 Å². The van der Waals surface area contributed by atoms with Gasteiger partial charge in [-0.3, -0.25) is 4.57 Å². The smallest absolute Gasteiger partial charge is 0.347 e. The van der Waals surface area contributed by atoms with Gasteiger partial charge in [0, 0.05) is 8.96 Å². The summed E-state index contributed by atoms with van der Waals surface area (Å²) in [7, 11) is -4.27. The zero-order chi connectivity index (χ0) is 23.0. The third-order valence-electron chi connectivity index (χ3n) is 5.91. The molecule has 0 spiro atoms. The second-order valence-electron chi connectivity index (χ2n) is 7.86. The average molecular weight is 571 g/mol. The Labute approximate surface area is 194 Å². The fourth-order valence-corrected chi connectivity index (χ4v) is 6.54. The van der Waals surface area contributed by atoms with Crippen LogP contribution in [0.4, 0.5) is 8.78 Å². The largest absolute Gasteiger partial charge is 0.353 e. The minimum absolute atomic E-state index is 0.142. The Morgan fingerprint density at radius 3 is 2.66 bits per heavy atom. The van der Waals surface area contributed by atoms with E-state index in [1.807, 2.05) is 22.6 Å². The minimum atomic E-state index is -4.27. The molecule has 1 aliphatic carbocycles. The van der Waals surface area contributed by atoms with Crippen molar-refractivity contribution in [2.75, 3.05) is 0 Å². The Hall–Kier alpha value is -2.54. The van der Waals surface area contributed by atoms with Gasteiger partial charge in [0.1, 0.15) is 11.3 Å². The van der Waals surface area contributed by atoms with Crippen LogP contribution in [-0.2, 0) is 10.0 Å². The standard InChI is InChI=1S/C21H16F2IN3O4S/c1-3-6-21(7-8-21)32(29,30)27-16-10-13-11(2)25-31-19(13)17(23)18(16)26(20(27)28)15-5-4-12(24)9-14(15)22/h3-5,9-10H,1,6-8H2,2H3. The van der Waals surface area contributed by atoms with Crippen LogP contribution in [0.25, 0.3) is 27.7 Å². The Kier molecular flexibility index (Phi) is 4.65. The van der Waals surface area contributed by atoms with Crippen molar-refractivity contribution in [1.29, 1.82) is 0 Å². The first-order valence-corrected chi connectivity index (χ1v) is 12.2. The molecule has 0 radical (unpaired) electrons. The van der Waals surface area contributed by atoms with Crippen molar-refractivity contribution in [1.82, 2.24) is 13.7 Å². The number of aromatic nitrogens is 3. The number of fused-ring (bicyclic) bond motifs is 2. The highest BCUT2D eigenvalue weighted by atomic mass is 127. The molecule has 0 atom stereocenters. The van der Waals surface area contributed by atoms with Crippen LogP contribution in [0.3, 0.4) is 0 Å². The van der Waals surface area contributed by atoms with Crippen LogP contribution in [0.5, 0.6) is 0 Å². The molecule has 1 fully saturated rings. The van der Waals surface area contributed by atoms with E-state index in [4.69, 9.17) is 4.52 Å². The molecule has 166 valence electrons. The van der Waals surface area contributed by atoms with Crippen molar-refractivity contribution in [3.8, 4) is 5.69 Å². The molecule has 0 N–H and O–H groups in total. The van der Waals surface area contributed by atoms with Crippen molar-refractivity contribution in [2.24, 2.45) is 0 Å². The van der Waals surface area contributed by atoms with E-state index in [2.05, 4.69) is 11.7 Å². The maximum absolute atomic E-state index is 15.6. The number of allylic oxidation sites excluding steroid dienone is 1. The molecule has 0 amide bonds. The SMILES string of the molecule is C=CCC1(S(=O)(=O)n2c(=O)n(-c3ccc(I)cc3F)c3c(F)c4onc(C)c4cc32)CC1. The Morgan fingerprint density at radius 2 is 2.03 bits per heavy atom. The van der Waals surface area contributed by atoms with Crippen LogP contribution >= 0.6 is 22.6 Å². The van der Waals surface area contributed by atoms with Crippen LogP contribution in [0, 0.1) is 22.1 Å². The molecule has 4 aromatic rings. The predicted molar refractivity (Wildman–Crippen MR) is 124 cm³/mol. The van der Waals surface area contributed by atoms with Gasteiger partial charge in [-0.25, -0.2) is 22.0 Å². The molecule has 1 saturated carbocycles.